The number of halogens is 2. The molecule has 0 radical (unpaired) electrons. The molecular weight excluding hydrogens is 480 g/mol. The highest BCUT2D eigenvalue weighted by Gasteiger charge is 2.21. The number of aryl methyl sites for hydroxylation is 2. The minimum absolute atomic E-state index is 0.0321. The number of nitrogens with one attached hydrogen (secondary N) is 2. The summed E-state index contributed by atoms with van der Waals surface area (Å²) >= 11 is 1.46. The van der Waals surface area contributed by atoms with E-state index in [4.69, 9.17) is 4.74 Å². The van der Waals surface area contributed by atoms with Crippen LogP contribution in [0.1, 0.15) is 16.1 Å². The number of nitrogens with zero attached hydrogens (tertiary/aromatic N) is 3. The van der Waals surface area contributed by atoms with Crippen molar-refractivity contribution in [3.63, 3.8) is 0 Å². The van der Waals surface area contributed by atoms with Crippen LogP contribution in [-0.4, -0.2) is 45.7 Å². The number of aromatic nitrogens is 3. The van der Waals surface area contributed by atoms with Gasteiger partial charge in [-0.1, -0.05) is 6.07 Å². The van der Waals surface area contributed by atoms with Gasteiger partial charge < -0.3 is 15.4 Å². The summed E-state index contributed by atoms with van der Waals surface area (Å²) in [4.78, 5) is 42.4. The number of amides is 2. The molecule has 0 bridgehead atoms. The van der Waals surface area contributed by atoms with E-state index in [1.165, 1.54) is 17.4 Å². The summed E-state index contributed by atoms with van der Waals surface area (Å²) in [6.45, 7) is 0.651. The standard InChI is InChI=1S/C23H19F2N5O4S/c1-12-21-14(9-17(18-4-3-7-35-18)28-22(21)30(2)29-12)23(33)34-11-20(32)26-10-19(31)27-13-5-6-15(24)16(25)8-13/h3-9H,10-11H2,1-2H3,(H,26,32)(H,27,31). The van der Waals surface area contributed by atoms with Crippen molar-refractivity contribution in [3.8, 4) is 10.6 Å². The fraction of sp³-hybridized carbons (Fsp3) is 0.174. The van der Waals surface area contributed by atoms with Crippen LogP contribution in [0.5, 0.6) is 0 Å². The van der Waals surface area contributed by atoms with Gasteiger partial charge in [-0.25, -0.2) is 18.6 Å². The summed E-state index contributed by atoms with van der Waals surface area (Å²) in [7, 11) is 1.72. The molecule has 0 aliphatic heterocycles. The van der Waals surface area contributed by atoms with Crippen LogP contribution < -0.4 is 10.6 Å². The number of carbonyl (C=O) groups is 3. The van der Waals surface area contributed by atoms with Crippen molar-refractivity contribution >= 4 is 45.8 Å². The highest BCUT2D eigenvalue weighted by molar-refractivity contribution is 7.13. The van der Waals surface area contributed by atoms with Crippen molar-refractivity contribution in [3.05, 3.63) is 64.7 Å². The Morgan fingerprint density at radius 1 is 1.11 bits per heavy atom. The highest BCUT2D eigenvalue weighted by atomic mass is 32.1. The van der Waals surface area contributed by atoms with Crippen molar-refractivity contribution in [1.82, 2.24) is 20.1 Å². The summed E-state index contributed by atoms with van der Waals surface area (Å²) in [5, 5.41) is 11.4. The Labute approximate surface area is 201 Å². The van der Waals surface area contributed by atoms with E-state index in [1.54, 1.807) is 24.7 Å². The Morgan fingerprint density at radius 2 is 1.91 bits per heavy atom. The van der Waals surface area contributed by atoms with Gasteiger partial charge in [0.1, 0.15) is 0 Å². The normalized spacial score (nSPS) is 10.9. The van der Waals surface area contributed by atoms with Crippen molar-refractivity contribution in [1.29, 1.82) is 0 Å². The topological polar surface area (TPSA) is 115 Å². The SMILES string of the molecule is Cc1nn(C)c2nc(-c3cccs3)cc(C(=O)OCC(=O)NCC(=O)Nc3ccc(F)c(F)c3)c12. The van der Waals surface area contributed by atoms with E-state index in [1.807, 2.05) is 17.5 Å². The summed E-state index contributed by atoms with van der Waals surface area (Å²) < 4.78 is 33.0. The lowest BCUT2D eigenvalue weighted by molar-refractivity contribution is -0.126. The molecule has 2 N–H and O–H groups in total. The lowest BCUT2D eigenvalue weighted by Crippen LogP contribution is -2.35. The second-order valence-electron chi connectivity index (χ2n) is 7.47. The number of anilines is 1. The molecule has 12 heteroatoms. The molecule has 3 heterocycles. The number of fused-ring (bicyclic) bond motifs is 1. The zero-order chi connectivity index (χ0) is 25.1. The molecule has 0 unspecified atom stereocenters. The van der Waals surface area contributed by atoms with Gasteiger partial charge in [-0.2, -0.15) is 5.10 Å². The molecule has 3 aromatic heterocycles. The van der Waals surface area contributed by atoms with Gasteiger partial charge in [-0.15, -0.1) is 11.3 Å². The van der Waals surface area contributed by atoms with Crippen LogP contribution in [-0.2, 0) is 21.4 Å². The molecule has 4 aromatic rings. The minimum atomic E-state index is -1.12. The molecule has 9 nitrogen and oxygen atoms in total. The molecule has 35 heavy (non-hydrogen) atoms. The van der Waals surface area contributed by atoms with E-state index in [0.717, 1.165) is 17.0 Å². The molecule has 0 atom stereocenters. The first-order chi connectivity index (χ1) is 16.7. The smallest absolute Gasteiger partial charge is 0.339 e. The average molecular weight is 499 g/mol. The number of benzene rings is 1. The first kappa shape index (κ1) is 24.0. The first-order valence-electron chi connectivity index (χ1n) is 10.3. The van der Waals surface area contributed by atoms with Crippen molar-refractivity contribution in [2.24, 2.45) is 7.05 Å². The van der Waals surface area contributed by atoms with E-state index in [0.29, 0.717) is 22.4 Å². The molecule has 0 fully saturated rings. The minimum Gasteiger partial charge on any atom is -0.452 e. The zero-order valence-corrected chi connectivity index (χ0v) is 19.4. The molecule has 0 aliphatic rings. The van der Waals surface area contributed by atoms with Crippen LogP contribution in [0, 0.1) is 18.6 Å². The monoisotopic (exact) mass is 499 g/mol. The van der Waals surface area contributed by atoms with Gasteiger partial charge in [0.15, 0.2) is 23.9 Å². The van der Waals surface area contributed by atoms with E-state index in [2.05, 4.69) is 20.7 Å². The van der Waals surface area contributed by atoms with Crippen molar-refractivity contribution < 1.29 is 27.9 Å². The van der Waals surface area contributed by atoms with Gasteiger partial charge >= 0.3 is 5.97 Å². The van der Waals surface area contributed by atoms with Gasteiger partial charge in [0.2, 0.25) is 5.91 Å². The number of rotatable bonds is 7. The summed E-state index contributed by atoms with van der Waals surface area (Å²) in [6.07, 6.45) is 0. The van der Waals surface area contributed by atoms with Crippen molar-refractivity contribution in [2.45, 2.75) is 6.92 Å². The second-order valence-corrected chi connectivity index (χ2v) is 8.42. The fourth-order valence-corrected chi connectivity index (χ4v) is 4.06. The number of hydrogen-bond donors (Lipinski definition) is 2. The number of carbonyl (C=O) groups excluding carboxylic acids is 3. The van der Waals surface area contributed by atoms with Crippen LogP contribution in [0.4, 0.5) is 14.5 Å². The van der Waals surface area contributed by atoms with Crippen LogP contribution in [0.25, 0.3) is 21.6 Å². The molecule has 0 saturated carbocycles. The third kappa shape index (κ3) is 5.32. The number of hydrogen-bond acceptors (Lipinski definition) is 7. The molecule has 180 valence electrons. The largest absolute Gasteiger partial charge is 0.452 e. The third-order valence-corrected chi connectivity index (χ3v) is 5.84. The Bertz CT molecular complexity index is 1440. The van der Waals surface area contributed by atoms with Crippen LogP contribution >= 0.6 is 11.3 Å². The highest BCUT2D eigenvalue weighted by Crippen LogP contribution is 2.29. The number of ether oxygens (including phenoxy) is 1. The Balaban J connectivity index is 1.40. The second kappa shape index (κ2) is 9.97. The van der Waals surface area contributed by atoms with E-state index in [-0.39, 0.29) is 11.3 Å². The molecule has 4 rings (SSSR count). The van der Waals surface area contributed by atoms with Gasteiger partial charge in [0, 0.05) is 18.8 Å². The third-order valence-electron chi connectivity index (χ3n) is 4.95. The molecule has 2 amide bonds. The lowest BCUT2D eigenvalue weighted by atomic mass is 10.1. The number of pyridine rings is 1. The summed E-state index contributed by atoms with van der Waals surface area (Å²) in [6, 6.07) is 8.20. The zero-order valence-electron chi connectivity index (χ0n) is 18.6. The summed E-state index contributed by atoms with van der Waals surface area (Å²) in [5.41, 5.74) is 1.90. The van der Waals surface area contributed by atoms with Crippen LogP contribution in [0.15, 0.2) is 41.8 Å². The van der Waals surface area contributed by atoms with E-state index < -0.39 is 42.6 Å². The molecule has 0 aliphatic carbocycles. The average Bonchev–Trinajstić information content (AvgIpc) is 3.46. The Morgan fingerprint density at radius 3 is 2.63 bits per heavy atom. The Hall–Kier alpha value is -4.19. The molecule has 1 aromatic carbocycles. The Kier molecular flexibility index (Phi) is 6.82. The van der Waals surface area contributed by atoms with E-state index >= 15 is 0 Å². The molecular formula is C23H19F2N5O4S. The van der Waals surface area contributed by atoms with Crippen LogP contribution in [0.2, 0.25) is 0 Å². The maximum absolute atomic E-state index is 13.2. The maximum atomic E-state index is 13.2. The quantitative estimate of drug-likeness (QED) is 0.378. The van der Waals surface area contributed by atoms with Crippen LogP contribution in [0.3, 0.4) is 0 Å². The summed E-state index contributed by atoms with van der Waals surface area (Å²) in [5.74, 6) is -4.29. The molecule has 0 spiro atoms. The predicted octanol–water partition coefficient (Wildman–Crippen LogP) is 3.20. The van der Waals surface area contributed by atoms with E-state index in [9.17, 15) is 23.2 Å². The number of thiophene rings is 1. The van der Waals surface area contributed by atoms with Gasteiger partial charge in [-0.05, 0) is 36.6 Å². The van der Waals surface area contributed by atoms with Crippen molar-refractivity contribution in [2.75, 3.05) is 18.5 Å². The van der Waals surface area contributed by atoms with Gasteiger partial charge in [0.05, 0.1) is 33.8 Å². The molecule has 0 saturated heterocycles. The van der Waals surface area contributed by atoms with Gasteiger partial charge in [0.25, 0.3) is 5.91 Å². The predicted molar refractivity (Wildman–Crippen MR) is 125 cm³/mol. The first-order valence-corrected chi connectivity index (χ1v) is 11.2. The maximum Gasteiger partial charge on any atom is 0.339 e. The number of esters is 1. The lowest BCUT2D eigenvalue weighted by Gasteiger charge is -2.09. The van der Waals surface area contributed by atoms with Gasteiger partial charge in [-0.3, -0.25) is 14.3 Å². The fourth-order valence-electron chi connectivity index (χ4n) is 3.37.